The molecule has 0 saturated heterocycles. The van der Waals surface area contributed by atoms with Crippen LogP contribution in [0.3, 0.4) is 0 Å². The molecule has 28 heavy (non-hydrogen) atoms. The Hall–Kier alpha value is -2.54. The molecule has 2 aliphatic rings. The Morgan fingerprint density at radius 3 is 2.64 bits per heavy atom. The van der Waals surface area contributed by atoms with E-state index in [0.29, 0.717) is 17.3 Å². The number of anilines is 1. The van der Waals surface area contributed by atoms with Crippen LogP contribution in [0.25, 0.3) is 10.2 Å². The summed E-state index contributed by atoms with van der Waals surface area (Å²) in [5.74, 6) is 1.06. The van der Waals surface area contributed by atoms with Crippen molar-refractivity contribution in [2.75, 3.05) is 5.32 Å². The third-order valence-corrected chi connectivity index (χ3v) is 6.73. The normalized spacial score (nSPS) is 17.3. The number of hydrogen-bond acceptors (Lipinski definition) is 5. The fourth-order valence-corrected chi connectivity index (χ4v) is 5.18. The number of halogens is 1. The molecule has 0 aliphatic heterocycles. The molecule has 1 fully saturated rings. The van der Waals surface area contributed by atoms with Crippen molar-refractivity contribution in [3.05, 3.63) is 51.9 Å². The molecule has 1 amide bonds. The van der Waals surface area contributed by atoms with Crippen LogP contribution in [0.2, 0.25) is 0 Å². The number of fused-ring (bicyclic) bond motifs is 3. The smallest absolute Gasteiger partial charge is 0.244 e. The molecule has 2 aromatic heterocycles. The van der Waals surface area contributed by atoms with E-state index < -0.39 is 11.9 Å². The van der Waals surface area contributed by atoms with Gasteiger partial charge in [-0.15, -0.1) is 11.3 Å². The summed E-state index contributed by atoms with van der Waals surface area (Å²) < 4.78 is 13.3. The number of rotatable bonds is 5. The molecule has 5 nitrogen and oxygen atoms in total. The van der Waals surface area contributed by atoms with Gasteiger partial charge in [-0.05, 0) is 61.8 Å². The van der Waals surface area contributed by atoms with E-state index in [-0.39, 0.29) is 5.82 Å². The fourth-order valence-electron chi connectivity index (χ4n) is 3.91. The van der Waals surface area contributed by atoms with Crippen molar-refractivity contribution >= 4 is 33.3 Å². The summed E-state index contributed by atoms with van der Waals surface area (Å²) in [6, 6.07) is 5.07. The Morgan fingerprint density at radius 1 is 1.18 bits per heavy atom. The van der Waals surface area contributed by atoms with Crippen LogP contribution in [0.4, 0.5) is 10.2 Å². The molecular formula is C21H21FN4OS. The highest BCUT2D eigenvalue weighted by atomic mass is 32.1. The van der Waals surface area contributed by atoms with Gasteiger partial charge in [0.05, 0.1) is 5.39 Å². The van der Waals surface area contributed by atoms with Crippen LogP contribution in [-0.4, -0.2) is 15.9 Å². The van der Waals surface area contributed by atoms with Crippen molar-refractivity contribution in [2.45, 2.75) is 50.5 Å². The van der Waals surface area contributed by atoms with E-state index in [1.807, 2.05) is 0 Å². The van der Waals surface area contributed by atoms with Crippen LogP contribution in [0.15, 0.2) is 24.3 Å². The number of carbonyl (C=O) groups excluding carboxylic acids is 1. The number of thiophene rings is 1. The van der Waals surface area contributed by atoms with Crippen molar-refractivity contribution in [1.29, 1.82) is 0 Å². The Labute approximate surface area is 166 Å². The zero-order valence-corrected chi connectivity index (χ0v) is 16.2. The van der Waals surface area contributed by atoms with Crippen molar-refractivity contribution in [3.8, 4) is 0 Å². The zero-order chi connectivity index (χ0) is 19.3. The van der Waals surface area contributed by atoms with E-state index in [2.05, 4.69) is 5.32 Å². The molecule has 0 bridgehead atoms. The first kappa shape index (κ1) is 17.6. The minimum Gasteiger partial charge on any atom is -0.368 e. The Balaban J connectivity index is 1.62. The predicted octanol–water partition coefficient (Wildman–Crippen LogP) is 4.23. The molecule has 1 unspecified atom stereocenters. The quantitative estimate of drug-likeness (QED) is 0.676. The van der Waals surface area contributed by atoms with Gasteiger partial charge in [0.25, 0.3) is 0 Å². The number of benzene rings is 1. The molecule has 3 aromatic rings. The topological polar surface area (TPSA) is 80.9 Å². The van der Waals surface area contributed by atoms with Crippen LogP contribution >= 0.6 is 11.3 Å². The molecule has 1 aromatic carbocycles. The molecule has 144 valence electrons. The highest BCUT2D eigenvalue weighted by molar-refractivity contribution is 7.19. The van der Waals surface area contributed by atoms with Gasteiger partial charge in [-0.2, -0.15) is 0 Å². The van der Waals surface area contributed by atoms with Crippen LogP contribution in [0.1, 0.15) is 59.5 Å². The van der Waals surface area contributed by atoms with Gasteiger partial charge in [0, 0.05) is 10.8 Å². The Bertz CT molecular complexity index is 1060. The highest BCUT2D eigenvalue weighted by Crippen LogP contribution is 2.43. The summed E-state index contributed by atoms with van der Waals surface area (Å²) in [5.41, 5.74) is 7.61. The van der Waals surface area contributed by atoms with E-state index in [0.717, 1.165) is 48.1 Å². The maximum absolute atomic E-state index is 13.3. The number of carbonyl (C=O) groups is 1. The first-order chi connectivity index (χ1) is 13.6. The summed E-state index contributed by atoms with van der Waals surface area (Å²) in [5, 5.41) is 4.30. The van der Waals surface area contributed by atoms with Gasteiger partial charge in [0.2, 0.25) is 5.91 Å². The molecule has 5 rings (SSSR count). The first-order valence-corrected chi connectivity index (χ1v) is 10.6. The maximum atomic E-state index is 13.3. The number of nitrogens with zero attached hydrogens (tertiary/aromatic N) is 2. The second kappa shape index (κ2) is 6.81. The lowest BCUT2D eigenvalue weighted by molar-refractivity contribution is -0.118. The molecule has 3 N–H and O–H groups in total. The molecule has 0 radical (unpaired) electrons. The lowest BCUT2D eigenvalue weighted by Gasteiger charge is -2.19. The van der Waals surface area contributed by atoms with Crippen LogP contribution in [-0.2, 0) is 17.6 Å². The molecule has 0 spiro atoms. The van der Waals surface area contributed by atoms with Crippen molar-refractivity contribution in [3.63, 3.8) is 0 Å². The zero-order valence-electron chi connectivity index (χ0n) is 15.4. The Morgan fingerprint density at radius 2 is 1.93 bits per heavy atom. The third kappa shape index (κ3) is 3.13. The number of hydrogen-bond donors (Lipinski definition) is 2. The number of aromatic nitrogens is 2. The summed E-state index contributed by atoms with van der Waals surface area (Å²) in [6.07, 6.45) is 6.64. The van der Waals surface area contributed by atoms with Crippen LogP contribution in [0, 0.1) is 5.82 Å². The molecule has 1 saturated carbocycles. The largest absolute Gasteiger partial charge is 0.368 e. The highest BCUT2D eigenvalue weighted by Gasteiger charge is 2.30. The van der Waals surface area contributed by atoms with Gasteiger partial charge in [-0.1, -0.05) is 12.1 Å². The van der Waals surface area contributed by atoms with Gasteiger partial charge in [0.1, 0.15) is 28.3 Å². The average Bonchev–Trinajstić information content (AvgIpc) is 3.47. The lowest BCUT2D eigenvalue weighted by Crippen LogP contribution is -2.28. The van der Waals surface area contributed by atoms with E-state index >= 15 is 0 Å². The molecule has 2 heterocycles. The lowest BCUT2D eigenvalue weighted by atomic mass is 9.96. The number of nitrogens with one attached hydrogen (secondary N) is 1. The summed E-state index contributed by atoms with van der Waals surface area (Å²) in [4.78, 5) is 24.2. The SMILES string of the molecule is NC(=O)C(Nc1nc(C2CC2)nc2sc3c(c12)CCCC3)c1ccc(F)cc1. The second-order valence-electron chi connectivity index (χ2n) is 7.63. The average molecular weight is 396 g/mol. The predicted molar refractivity (Wildman–Crippen MR) is 108 cm³/mol. The molecule has 1 atom stereocenters. The number of amides is 1. The van der Waals surface area contributed by atoms with Crippen LogP contribution in [0.5, 0.6) is 0 Å². The third-order valence-electron chi connectivity index (χ3n) is 5.54. The number of primary amides is 1. The Kier molecular flexibility index (Phi) is 4.27. The summed E-state index contributed by atoms with van der Waals surface area (Å²) >= 11 is 1.75. The maximum Gasteiger partial charge on any atom is 0.244 e. The minimum atomic E-state index is -0.773. The fraction of sp³-hybridized carbons (Fsp3) is 0.381. The van der Waals surface area contributed by atoms with Crippen molar-refractivity contribution < 1.29 is 9.18 Å². The molecular weight excluding hydrogens is 375 g/mol. The monoisotopic (exact) mass is 396 g/mol. The molecule has 2 aliphatic carbocycles. The van der Waals surface area contributed by atoms with Crippen molar-refractivity contribution in [1.82, 2.24) is 9.97 Å². The van der Waals surface area contributed by atoms with Gasteiger partial charge < -0.3 is 11.1 Å². The first-order valence-electron chi connectivity index (χ1n) is 9.73. The van der Waals surface area contributed by atoms with Crippen LogP contribution < -0.4 is 11.1 Å². The van der Waals surface area contributed by atoms with Gasteiger partial charge in [0.15, 0.2) is 0 Å². The van der Waals surface area contributed by atoms with Gasteiger partial charge in [-0.25, -0.2) is 14.4 Å². The molecule has 7 heteroatoms. The van der Waals surface area contributed by atoms with Gasteiger partial charge in [-0.3, -0.25) is 4.79 Å². The van der Waals surface area contributed by atoms with E-state index in [9.17, 15) is 9.18 Å². The van der Waals surface area contributed by atoms with Crippen molar-refractivity contribution in [2.24, 2.45) is 5.73 Å². The summed E-state index contributed by atoms with van der Waals surface area (Å²) in [7, 11) is 0. The number of aryl methyl sites for hydroxylation is 2. The standard InChI is InChI=1S/C21H21FN4OS/c22-13-9-7-11(8-10-13)17(18(23)27)24-20-16-14-3-1-2-4-15(14)28-21(16)26-19(25-20)12-5-6-12/h7-10,12,17H,1-6H2,(H2,23,27)(H,24,25,26). The van der Waals surface area contributed by atoms with Gasteiger partial charge >= 0.3 is 0 Å². The van der Waals surface area contributed by atoms with E-state index in [1.54, 1.807) is 23.5 Å². The second-order valence-corrected chi connectivity index (χ2v) is 8.71. The number of nitrogens with two attached hydrogens (primary N) is 1. The van der Waals surface area contributed by atoms with E-state index in [4.69, 9.17) is 15.7 Å². The van der Waals surface area contributed by atoms with E-state index in [1.165, 1.54) is 29.0 Å². The summed E-state index contributed by atoms with van der Waals surface area (Å²) in [6.45, 7) is 0. The minimum absolute atomic E-state index is 0.348.